The normalized spacial score (nSPS) is 10.8. The minimum atomic E-state index is -0.216. The van der Waals surface area contributed by atoms with Crippen LogP contribution in [0.15, 0.2) is 101 Å². The lowest BCUT2D eigenvalue weighted by Gasteiger charge is -2.25. The van der Waals surface area contributed by atoms with Crippen molar-refractivity contribution in [2.45, 2.75) is 6.92 Å². The fourth-order valence-corrected chi connectivity index (χ4v) is 3.11. The van der Waals surface area contributed by atoms with Gasteiger partial charge in [-0.2, -0.15) is 5.10 Å². The highest BCUT2D eigenvalue weighted by molar-refractivity contribution is 5.83. The van der Waals surface area contributed by atoms with E-state index in [4.69, 9.17) is 0 Å². The summed E-state index contributed by atoms with van der Waals surface area (Å²) in [5, 5.41) is 4.16. The second-order valence-corrected chi connectivity index (χ2v) is 6.70. The number of hydrogen-bond acceptors (Lipinski definition) is 5. The maximum atomic E-state index is 11.5. The van der Waals surface area contributed by atoms with Gasteiger partial charge in [-0.25, -0.2) is 10.4 Å². The summed E-state index contributed by atoms with van der Waals surface area (Å²) in [5.74, 6) is 0.312. The van der Waals surface area contributed by atoms with E-state index in [2.05, 4.69) is 49.7 Å². The largest absolute Gasteiger partial charge is 0.311 e. The lowest BCUT2D eigenvalue weighted by atomic mass is 10.1. The Morgan fingerprint density at radius 3 is 2.00 bits per heavy atom. The van der Waals surface area contributed by atoms with Crippen molar-refractivity contribution in [1.29, 1.82) is 0 Å². The van der Waals surface area contributed by atoms with Gasteiger partial charge in [0.2, 0.25) is 5.95 Å². The molecule has 0 atom stereocenters. The summed E-state index contributed by atoms with van der Waals surface area (Å²) < 4.78 is 0. The molecule has 0 amide bonds. The van der Waals surface area contributed by atoms with Crippen LogP contribution in [-0.4, -0.2) is 16.2 Å². The first kappa shape index (κ1) is 19.1. The number of nitrogens with zero attached hydrogens (tertiary/aromatic N) is 3. The van der Waals surface area contributed by atoms with Crippen LogP contribution in [0, 0.1) is 6.92 Å². The number of anilines is 4. The van der Waals surface area contributed by atoms with Gasteiger partial charge in [-0.1, -0.05) is 48.5 Å². The minimum Gasteiger partial charge on any atom is -0.311 e. The maximum absolute atomic E-state index is 11.5. The number of para-hydroxylation sites is 2. The van der Waals surface area contributed by atoms with Crippen LogP contribution in [0.25, 0.3) is 0 Å². The number of benzene rings is 3. The zero-order chi connectivity index (χ0) is 20.8. The summed E-state index contributed by atoms with van der Waals surface area (Å²) in [6.45, 7) is 1.76. The Labute approximate surface area is 174 Å². The van der Waals surface area contributed by atoms with Crippen LogP contribution in [0.4, 0.5) is 23.0 Å². The Morgan fingerprint density at radius 1 is 0.867 bits per heavy atom. The summed E-state index contributed by atoms with van der Waals surface area (Å²) in [7, 11) is 0. The lowest BCUT2D eigenvalue weighted by Crippen LogP contribution is -2.10. The van der Waals surface area contributed by atoms with Gasteiger partial charge in [0.15, 0.2) is 0 Å². The van der Waals surface area contributed by atoms with Crippen molar-refractivity contribution in [2.24, 2.45) is 5.10 Å². The zero-order valence-electron chi connectivity index (χ0n) is 16.5. The van der Waals surface area contributed by atoms with Gasteiger partial charge < -0.3 is 4.90 Å². The van der Waals surface area contributed by atoms with E-state index in [0.717, 1.165) is 22.6 Å². The van der Waals surface area contributed by atoms with Crippen molar-refractivity contribution < 1.29 is 0 Å². The minimum absolute atomic E-state index is 0.216. The van der Waals surface area contributed by atoms with E-state index in [9.17, 15) is 4.79 Å². The van der Waals surface area contributed by atoms with Gasteiger partial charge in [0.25, 0.3) is 5.56 Å². The molecule has 0 fully saturated rings. The smallest absolute Gasteiger partial charge is 0.252 e. The quantitative estimate of drug-likeness (QED) is 0.356. The van der Waals surface area contributed by atoms with Crippen molar-refractivity contribution in [3.05, 3.63) is 113 Å². The summed E-state index contributed by atoms with van der Waals surface area (Å²) >= 11 is 0. The van der Waals surface area contributed by atoms with Crippen molar-refractivity contribution in [3.63, 3.8) is 0 Å². The first-order valence-electron chi connectivity index (χ1n) is 9.56. The Balaban J connectivity index is 1.55. The fraction of sp³-hybridized carbons (Fsp3) is 0.0417. The molecule has 4 aromatic rings. The van der Waals surface area contributed by atoms with Crippen LogP contribution >= 0.6 is 0 Å². The van der Waals surface area contributed by atoms with E-state index >= 15 is 0 Å². The predicted octanol–water partition coefficient (Wildman–Crippen LogP) is 4.99. The first-order chi connectivity index (χ1) is 14.7. The molecule has 6 heteroatoms. The highest BCUT2D eigenvalue weighted by atomic mass is 16.1. The predicted molar refractivity (Wildman–Crippen MR) is 122 cm³/mol. The second kappa shape index (κ2) is 8.87. The Kier molecular flexibility index (Phi) is 5.66. The van der Waals surface area contributed by atoms with Crippen molar-refractivity contribution >= 4 is 29.2 Å². The lowest BCUT2D eigenvalue weighted by molar-refractivity contribution is 1.04. The number of hydrazone groups is 1. The molecule has 30 heavy (non-hydrogen) atoms. The molecular weight excluding hydrogens is 374 g/mol. The number of H-pyrrole nitrogens is 1. The van der Waals surface area contributed by atoms with E-state index in [1.54, 1.807) is 13.1 Å². The third-order valence-electron chi connectivity index (χ3n) is 4.43. The molecule has 0 bridgehead atoms. The molecule has 0 aliphatic rings. The monoisotopic (exact) mass is 395 g/mol. The van der Waals surface area contributed by atoms with Crippen molar-refractivity contribution in [1.82, 2.24) is 9.97 Å². The molecule has 0 unspecified atom stereocenters. The van der Waals surface area contributed by atoms with E-state index in [1.807, 2.05) is 60.7 Å². The van der Waals surface area contributed by atoms with Crippen LogP contribution in [0.2, 0.25) is 0 Å². The van der Waals surface area contributed by atoms with Gasteiger partial charge in [0.05, 0.1) is 6.21 Å². The van der Waals surface area contributed by atoms with Crippen LogP contribution in [0.5, 0.6) is 0 Å². The van der Waals surface area contributed by atoms with Crippen molar-refractivity contribution in [3.8, 4) is 0 Å². The van der Waals surface area contributed by atoms with Gasteiger partial charge in [-0.3, -0.25) is 9.78 Å². The van der Waals surface area contributed by atoms with Crippen LogP contribution in [0.1, 0.15) is 11.3 Å². The molecule has 2 N–H and O–H groups in total. The van der Waals surface area contributed by atoms with E-state index in [0.29, 0.717) is 11.6 Å². The zero-order valence-corrected chi connectivity index (χ0v) is 16.5. The second-order valence-electron chi connectivity index (χ2n) is 6.70. The average molecular weight is 395 g/mol. The first-order valence-corrected chi connectivity index (χ1v) is 9.56. The van der Waals surface area contributed by atoms with E-state index < -0.39 is 0 Å². The fourth-order valence-electron chi connectivity index (χ4n) is 3.11. The number of hydrogen-bond donors (Lipinski definition) is 2. The number of aromatic nitrogens is 2. The molecule has 0 aliphatic carbocycles. The Bertz CT molecular complexity index is 1150. The molecule has 1 heterocycles. The Morgan fingerprint density at radius 2 is 1.43 bits per heavy atom. The SMILES string of the molecule is Cc1cc(=O)[nH]c(N/N=C\c2ccc(N(c3ccccc3)c3ccccc3)cc2)n1. The number of rotatable bonds is 6. The highest BCUT2D eigenvalue weighted by Crippen LogP contribution is 2.33. The number of aromatic amines is 1. The van der Waals surface area contributed by atoms with Crippen LogP contribution in [0.3, 0.4) is 0 Å². The number of aryl methyl sites for hydroxylation is 1. The van der Waals surface area contributed by atoms with Crippen LogP contribution < -0.4 is 15.9 Å². The molecule has 0 saturated carbocycles. The molecule has 6 nitrogen and oxygen atoms in total. The molecule has 3 aromatic carbocycles. The third kappa shape index (κ3) is 4.62. The molecule has 0 radical (unpaired) electrons. The Hall–Kier alpha value is -4.19. The number of nitrogens with one attached hydrogen (secondary N) is 2. The molecule has 4 rings (SSSR count). The van der Waals surface area contributed by atoms with E-state index in [-0.39, 0.29) is 5.56 Å². The van der Waals surface area contributed by atoms with Gasteiger partial charge >= 0.3 is 0 Å². The van der Waals surface area contributed by atoms with Gasteiger partial charge in [0, 0.05) is 28.8 Å². The molecule has 0 saturated heterocycles. The van der Waals surface area contributed by atoms with Gasteiger partial charge in [0.1, 0.15) is 0 Å². The van der Waals surface area contributed by atoms with Crippen molar-refractivity contribution in [2.75, 3.05) is 10.3 Å². The topological polar surface area (TPSA) is 73.4 Å². The van der Waals surface area contributed by atoms with E-state index in [1.165, 1.54) is 6.07 Å². The molecule has 1 aromatic heterocycles. The molecular formula is C24H21N5O. The summed E-state index contributed by atoms with van der Waals surface area (Å²) in [5.41, 5.74) is 7.30. The van der Waals surface area contributed by atoms with Crippen LogP contribution in [-0.2, 0) is 0 Å². The maximum Gasteiger partial charge on any atom is 0.252 e. The molecule has 0 aliphatic heterocycles. The molecule has 148 valence electrons. The average Bonchev–Trinajstić information content (AvgIpc) is 2.76. The summed E-state index contributed by atoms with van der Waals surface area (Å²) in [6, 6.07) is 30.0. The standard InChI is InChI=1S/C24H21N5O/c1-18-16-23(30)27-24(26-18)28-25-17-19-12-14-22(15-13-19)29(20-8-4-2-5-9-20)21-10-6-3-7-11-21/h2-17H,1H3,(H2,26,27,28,30)/b25-17-. The summed E-state index contributed by atoms with van der Waals surface area (Å²) in [6.07, 6.45) is 1.68. The molecule has 0 spiro atoms. The van der Waals surface area contributed by atoms with Gasteiger partial charge in [-0.15, -0.1) is 0 Å². The highest BCUT2D eigenvalue weighted by Gasteiger charge is 2.11. The third-order valence-corrected chi connectivity index (χ3v) is 4.43. The van der Waals surface area contributed by atoms with Gasteiger partial charge in [-0.05, 0) is 48.9 Å². The summed E-state index contributed by atoms with van der Waals surface area (Å²) in [4.78, 5) is 20.5.